The fourth-order valence-electron chi connectivity index (χ4n) is 1.82. The first-order valence-electron chi connectivity index (χ1n) is 6.55. The van der Waals surface area contributed by atoms with Crippen LogP contribution in [0.15, 0.2) is 47.4 Å². The molecule has 0 radical (unpaired) electrons. The minimum Gasteiger partial charge on any atom is -0.506 e. The van der Waals surface area contributed by atoms with Crippen LogP contribution in [0.1, 0.15) is 5.56 Å². The second-order valence-electron chi connectivity index (χ2n) is 4.66. The van der Waals surface area contributed by atoms with E-state index in [1.165, 1.54) is 17.8 Å². The van der Waals surface area contributed by atoms with Crippen molar-refractivity contribution in [3.05, 3.63) is 48.0 Å². The Balaban J connectivity index is 2.06. The first-order valence-corrected chi connectivity index (χ1v) is 7.78. The van der Waals surface area contributed by atoms with Gasteiger partial charge in [0.15, 0.2) is 0 Å². The number of hydrogen-bond donors (Lipinski definition) is 3. The Morgan fingerprint density at radius 2 is 1.77 bits per heavy atom. The van der Waals surface area contributed by atoms with Gasteiger partial charge in [0.25, 0.3) is 0 Å². The quantitative estimate of drug-likeness (QED) is 0.462. The Labute approximate surface area is 132 Å². The summed E-state index contributed by atoms with van der Waals surface area (Å²) in [5.74, 6) is -1.72. The Bertz CT molecular complexity index is 716. The highest BCUT2D eigenvalue weighted by Gasteiger charge is 2.15. The Morgan fingerprint density at radius 1 is 1.05 bits per heavy atom. The molecule has 0 atom stereocenters. The Morgan fingerprint density at radius 3 is 2.50 bits per heavy atom. The number of rotatable bonds is 3. The van der Waals surface area contributed by atoms with Crippen molar-refractivity contribution in [2.45, 2.75) is 11.8 Å². The molecule has 2 aromatic carbocycles. The lowest BCUT2D eigenvalue weighted by Gasteiger charge is -2.09. The molecular weight excluding hydrogens is 300 g/mol. The minimum absolute atomic E-state index is 0.0869. The highest BCUT2D eigenvalue weighted by Crippen LogP contribution is 2.24. The van der Waals surface area contributed by atoms with Crippen molar-refractivity contribution in [3.63, 3.8) is 0 Å². The number of benzene rings is 2. The van der Waals surface area contributed by atoms with Crippen LogP contribution < -0.4 is 10.6 Å². The second kappa shape index (κ2) is 7.00. The van der Waals surface area contributed by atoms with E-state index in [2.05, 4.69) is 10.6 Å². The van der Waals surface area contributed by atoms with Gasteiger partial charge in [-0.05, 0) is 49.1 Å². The molecule has 0 saturated carbocycles. The van der Waals surface area contributed by atoms with Gasteiger partial charge in [0.1, 0.15) is 5.75 Å². The third kappa shape index (κ3) is 4.02. The highest BCUT2D eigenvalue weighted by molar-refractivity contribution is 7.98. The van der Waals surface area contributed by atoms with Crippen LogP contribution in [0.5, 0.6) is 5.75 Å². The first kappa shape index (κ1) is 15.9. The third-order valence-electron chi connectivity index (χ3n) is 2.93. The normalized spacial score (nSPS) is 10.1. The molecule has 0 saturated heterocycles. The summed E-state index contributed by atoms with van der Waals surface area (Å²) in [6, 6.07) is 11.9. The van der Waals surface area contributed by atoms with E-state index in [-0.39, 0.29) is 11.4 Å². The molecule has 0 aromatic heterocycles. The fraction of sp³-hybridized carbons (Fsp3) is 0.125. The van der Waals surface area contributed by atoms with Crippen molar-refractivity contribution in [1.29, 1.82) is 0 Å². The average Bonchev–Trinajstić information content (AvgIpc) is 2.51. The molecule has 5 nitrogen and oxygen atoms in total. The van der Waals surface area contributed by atoms with Gasteiger partial charge in [0, 0.05) is 10.6 Å². The number of thioether (sulfide) groups is 1. The molecule has 2 amide bonds. The van der Waals surface area contributed by atoms with Crippen molar-refractivity contribution in [1.82, 2.24) is 0 Å². The summed E-state index contributed by atoms with van der Waals surface area (Å²) in [4.78, 5) is 24.8. The van der Waals surface area contributed by atoms with Crippen LogP contribution in [0.3, 0.4) is 0 Å². The molecule has 2 aromatic rings. The summed E-state index contributed by atoms with van der Waals surface area (Å²) < 4.78 is 0. The maximum atomic E-state index is 11.9. The predicted molar refractivity (Wildman–Crippen MR) is 88.3 cm³/mol. The number of amides is 2. The molecule has 0 aliphatic rings. The van der Waals surface area contributed by atoms with Gasteiger partial charge in [-0.25, -0.2) is 0 Å². The van der Waals surface area contributed by atoms with E-state index in [0.29, 0.717) is 5.69 Å². The van der Waals surface area contributed by atoms with Crippen LogP contribution in [0.4, 0.5) is 11.4 Å². The van der Waals surface area contributed by atoms with E-state index < -0.39 is 11.8 Å². The van der Waals surface area contributed by atoms with Gasteiger partial charge in [0.05, 0.1) is 5.69 Å². The number of anilines is 2. The molecule has 114 valence electrons. The average molecular weight is 316 g/mol. The molecular formula is C16H16N2O3S. The number of phenols is 1. The van der Waals surface area contributed by atoms with Crippen molar-refractivity contribution < 1.29 is 14.7 Å². The predicted octanol–water partition coefficient (Wildman–Crippen LogP) is 3.00. The maximum Gasteiger partial charge on any atom is 0.314 e. The molecule has 2 rings (SSSR count). The van der Waals surface area contributed by atoms with Gasteiger partial charge in [-0.2, -0.15) is 0 Å². The Kier molecular flexibility index (Phi) is 5.06. The third-order valence-corrected chi connectivity index (χ3v) is 3.66. The van der Waals surface area contributed by atoms with Crippen LogP contribution >= 0.6 is 11.8 Å². The molecule has 0 bridgehead atoms. The van der Waals surface area contributed by atoms with Crippen molar-refractivity contribution >= 4 is 35.0 Å². The molecule has 6 heteroatoms. The van der Waals surface area contributed by atoms with Gasteiger partial charge in [0.2, 0.25) is 0 Å². The van der Waals surface area contributed by atoms with Gasteiger partial charge in [-0.15, -0.1) is 11.8 Å². The molecule has 0 spiro atoms. The monoisotopic (exact) mass is 316 g/mol. The summed E-state index contributed by atoms with van der Waals surface area (Å²) in [7, 11) is 0. The molecule has 0 fully saturated rings. The number of hydrogen-bond acceptors (Lipinski definition) is 4. The number of phenolic OH excluding ortho intramolecular Hbond substituents is 1. The van der Waals surface area contributed by atoms with Crippen LogP contribution in [-0.2, 0) is 9.59 Å². The minimum atomic E-state index is -0.838. The molecule has 0 aliphatic heterocycles. The van der Waals surface area contributed by atoms with Crippen LogP contribution in [-0.4, -0.2) is 23.2 Å². The molecule has 0 unspecified atom stereocenters. The number of aryl methyl sites for hydroxylation is 1. The summed E-state index contributed by atoms with van der Waals surface area (Å²) >= 11 is 1.54. The number of carbonyl (C=O) groups is 2. The SMILES string of the molecule is CSc1cccc(NC(=O)C(=O)Nc2cc(C)ccc2O)c1. The molecule has 3 N–H and O–H groups in total. The zero-order valence-corrected chi connectivity index (χ0v) is 13.0. The van der Waals surface area contributed by atoms with Gasteiger partial charge < -0.3 is 15.7 Å². The van der Waals surface area contributed by atoms with Gasteiger partial charge >= 0.3 is 11.8 Å². The van der Waals surface area contributed by atoms with Gasteiger partial charge in [-0.3, -0.25) is 9.59 Å². The lowest BCUT2D eigenvalue weighted by atomic mass is 10.2. The van der Waals surface area contributed by atoms with E-state index in [4.69, 9.17) is 0 Å². The molecule has 0 aliphatic carbocycles. The van der Waals surface area contributed by atoms with Crippen molar-refractivity contribution in [2.75, 3.05) is 16.9 Å². The van der Waals surface area contributed by atoms with E-state index in [1.807, 2.05) is 19.2 Å². The van der Waals surface area contributed by atoms with E-state index >= 15 is 0 Å². The van der Waals surface area contributed by atoms with Crippen molar-refractivity contribution in [2.24, 2.45) is 0 Å². The summed E-state index contributed by atoms with van der Waals surface area (Å²) in [6.45, 7) is 1.82. The summed E-state index contributed by atoms with van der Waals surface area (Å²) in [5.41, 5.74) is 1.61. The summed E-state index contributed by atoms with van der Waals surface area (Å²) in [6.07, 6.45) is 1.92. The number of carbonyl (C=O) groups excluding carboxylic acids is 2. The summed E-state index contributed by atoms with van der Waals surface area (Å²) in [5, 5.41) is 14.6. The Hall–Kier alpha value is -2.47. The molecule has 0 heterocycles. The first-order chi connectivity index (χ1) is 10.5. The lowest BCUT2D eigenvalue weighted by molar-refractivity contribution is -0.133. The zero-order chi connectivity index (χ0) is 16.1. The van der Waals surface area contributed by atoms with E-state index in [1.54, 1.807) is 30.3 Å². The largest absolute Gasteiger partial charge is 0.506 e. The lowest BCUT2D eigenvalue weighted by Crippen LogP contribution is -2.29. The topological polar surface area (TPSA) is 78.4 Å². The maximum absolute atomic E-state index is 11.9. The standard InChI is InChI=1S/C16H16N2O3S/c1-10-6-7-14(19)13(8-10)18-16(21)15(20)17-11-4-3-5-12(9-11)22-2/h3-9,19H,1-2H3,(H,17,20)(H,18,21). The fourth-order valence-corrected chi connectivity index (χ4v) is 2.28. The number of aromatic hydroxyl groups is 1. The smallest absolute Gasteiger partial charge is 0.314 e. The van der Waals surface area contributed by atoms with Crippen LogP contribution in [0.2, 0.25) is 0 Å². The van der Waals surface area contributed by atoms with E-state index in [0.717, 1.165) is 10.5 Å². The van der Waals surface area contributed by atoms with Crippen LogP contribution in [0.25, 0.3) is 0 Å². The molecule has 22 heavy (non-hydrogen) atoms. The van der Waals surface area contributed by atoms with Crippen molar-refractivity contribution in [3.8, 4) is 5.75 Å². The second-order valence-corrected chi connectivity index (χ2v) is 5.54. The number of nitrogens with one attached hydrogen (secondary N) is 2. The highest BCUT2D eigenvalue weighted by atomic mass is 32.2. The van der Waals surface area contributed by atoms with Crippen LogP contribution in [0, 0.1) is 6.92 Å². The van der Waals surface area contributed by atoms with Gasteiger partial charge in [-0.1, -0.05) is 12.1 Å². The zero-order valence-electron chi connectivity index (χ0n) is 12.2. The van der Waals surface area contributed by atoms with E-state index in [9.17, 15) is 14.7 Å².